The average Bonchev–Trinajstić information content (AvgIpc) is 3.16. The van der Waals surface area contributed by atoms with Crippen LogP contribution in [0.25, 0.3) is 5.69 Å². The van der Waals surface area contributed by atoms with E-state index >= 15 is 0 Å². The maximum atomic E-state index is 13.8. The Morgan fingerprint density at radius 3 is 2.75 bits per heavy atom. The molecule has 122 valence electrons. The Bertz CT molecular complexity index is 930. The van der Waals surface area contributed by atoms with Crippen molar-refractivity contribution in [2.45, 2.75) is 6.92 Å². The number of nitrogens with two attached hydrogens (primary N) is 1. The number of para-hydroxylation sites is 1. The number of H-pyrrole nitrogens is 1. The molecule has 0 saturated carbocycles. The Labute approximate surface area is 135 Å². The highest BCUT2D eigenvalue weighted by molar-refractivity contribution is 6.07. The number of rotatable bonds is 4. The zero-order valence-electron chi connectivity index (χ0n) is 12.6. The van der Waals surface area contributed by atoms with Gasteiger partial charge in [0.2, 0.25) is 0 Å². The molecule has 24 heavy (non-hydrogen) atoms. The van der Waals surface area contributed by atoms with Gasteiger partial charge in [-0.3, -0.25) is 14.7 Å². The van der Waals surface area contributed by atoms with E-state index in [9.17, 15) is 14.0 Å². The van der Waals surface area contributed by atoms with E-state index < -0.39 is 17.6 Å². The first-order valence-electron chi connectivity index (χ1n) is 6.94. The third-order valence-corrected chi connectivity index (χ3v) is 3.34. The fraction of sp³-hybridized carbons (Fsp3) is 0.0667. The summed E-state index contributed by atoms with van der Waals surface area (Å²) < 4.78 is 15.0. The number of aromatic nitrogens is 4. The molecule has 0 aliphatic heterocycles. The van der Waals surface area contributed by atoms with Crippen LogP contribution in [0.5, 0.6) is 0 Å². The smallest absolute Gasteiger partial charge is 0.276 e. The Kier molecular flexibility index (Phi) is 3.82. The zero-order chi connectivity index (χ0) is 17.3. The Balaban J connectivity index is 1.86. The Morgan fingerprint density at radius 2 is 2.04 bits per heavy atom. The lowest BCUT2D eigenvalue weighted by Gasteiger charge is -2.04. The monoisotopic (exact) mass is 328 g/mol. The van der Waals surface area contributed by atoms with Crippen molar-refractivity contribution in [2.75, 3.05) is 5.32 Å². The summed E-state index contributed by atoms with van der Waals surface area (Å²) >= 11 is 0. The van der Waals surface area contributed by atoms with E-state index in [1.54, 1.807) is 19.1 Å². The van der Waals surface area contributed by atoms with E-state index in [-0.39, 0.29) is 22.8 Å². The van der Waals surface area contributed by atoms with Crippen molar-refractivity contribution in [3.63, 3.8) is 0 Å². The number of amides is 2. The predicted molar refractivity (Wildman–Crippen MR) is 83.3 cm³/mol. The number of hydrogen-bond acceptors (Lipinski definition) is 4. The Morgan fingerprint density at radius 1 is 1.29 bits per heavy atom. The molecular weight excluding hydrogens is 315 g/mol. The van der Waals surface area contributed by atoms with Gasteiger partial charge in [-0.05, 0) is 25.1 Å². The van der Waals surface area contributed by atoms with E-state index in [1.165, 1.54) is 29.1 Å². The van der Waals surface area contributed by atoms with Gasteiger partial charge in [-0.15, -0.1) is 0 Å². The molecule has 2 heterocycles. The molecule has 8 nitrogen and oxygen atoms in total. The third-order valence-electron chi connectivity index (χ3n) is 3.34. The van der Waals surface area contributed by atoms with Crippen LogP contribution in [0.15, 0.2) is 36.5 Å². The van der Waals surface area contributed by atoms with Crippen molar-refractivity contribution in [2.24, 2.45) is 5.73 Å². The number of carbonyl (C=O) groups excluding carboxylic acids is 2. The molecular formula is C15H13FN6O2. The van der Waals surface area contributed by atoms with Gasteiger partial charge in [-0.2, -0.15) is 10.2 Å². The number of nitrogens with one attached hydrogen (secondary N) is 2. The van der Waals surface area contributed by atoms with Crippen LogP contribution in [0.3, 0.4) is 0 Å². The van der Waals surface area contributed by atoms with Crippen LogP contribution >= 0.6 is 0 Å². The molecule has 0 aliphatic rings. The van der Waals surface area contributed by atoms with Crippen LogP contribution in [-0.4, -0.2) is 31.8 Å². The molecule has 0 saturated heterocycles. The largest absolute Gasteiger partial charge is 0.364 e. The summed E-state index contributed by atoms with van der Waals surface area (Å²) in [6.45, 7) is 1.63. The van der Waals surface area contributed by atoms with Gasteiger partial charge in [0.25, 0.3) is 11.8 Å². The van der Waals surface area contributed by atoms with Crippen molar-refractivity contribution in [3.05, 3.63) is 59.4 Å². The second-order valence-corrected chi connectivity index (χ2v) is 4.99. The molecule has 0 unspecified atom stereocenters. The van der Waals surface area contributed by atoms with Crippen LogP contribution < -0.4 is 11.1 Å². The number of aromatic amines is 1. The van der Waals surface area contributed by atoms with Crippen LogP contribution in [-0.2, 0) is 0 Å². The van der Waals surface area contributed by atoms with Crippen LogP contribution in [0.2, 0.25) is 0 Å². The first-order valence-corrected chi connectivity index (χ1v) is 6.94. The lowest BCUT2D eigenvalue weighted by molar-refractivity contribution is 0.0996. The molecule has 0 radical (unpaired) electrons. The quantitative estimate of drug-likeness (QED) is 0.670. The molecule has 3 aromatic rings. The van der Waals surface area contributed by atoms with Gasteiger partial charge < -0.3 is 11.1 Å². The minimum absolute atomic E-state index is 0.0503. The summed E-state index contributed by atoms with van der Waals surface area (Å²) in [6, 6.07) is 7.48. The molecule has 3 rings (SSSR count). The van der Waals surface area contributed by atoms with Crippen LogP contribution in [0.1, 0.15) is 26.7 Å². The summed E-state index contributed by atoms with van der Waals surface area (Å²) in [5.41, 5.74) is 6.06. The molecule has 0 aliphatic carbocycles. The normalized spacial score (nSPS) is 10.6. The lowest BCUT2D eigenvalue weighted by atomic mass is 10.2. The second kappa shape index (κ2) is 5.95. The van der Waals surface area contributed by atoms with Gasteiger partial charge in [0.1, 0.15) is 11.5 Å². The standard InChI is InChI=1S/C15H13FN6O2/c1-8-12(13(14(17)23)20-19-8)18-15(24)10-6-7-22(21-10)11-5-3-2-4-9(11)16/h2-7H,1H3,(H2,17,23)(H,18,24)(H,19,20). The molecule has 2 amide bonds. The fourth-order valence-corrected chi connectivity index (χ4v) is 2.15. The van der Waals surface area contributed by atoms with E-state index in [4.69, 9.17) is 5.73 Å². The predicted octanol–water partition coefficient (Wildman–Crippen LogP) is 1.39. The molecule has 9 heteroatoms. The van der Waals surface area contributed by atoms with Crippen molar-refractivity contribution in [3.8, 4) is 5.69 Å². The highest BCUT2D eigenvalue weighted by Crippen LogP contribution is 2.18. The minimum atomic E-state index is -0.772. The van der Waals surface area contributed by atoms with E-state index in [2.05, 4.69) is 20.6 Å². The topological polar surface area (TPSA) is 119 Å². The van der Waals surface area contributed by atoms with Crippen molar-refractivity contribution in [1.82, 2.24) is 20.0 Å². The van der Waals surface area contributed by atoms with Gasteiger partial charge in [0.05, 0.1) is 11.4 Å². The average molecular weight is 328 g/mol. The molecule has 0 spiro atoms. The number of carbonyl (C=O) groups is 2. The van der Waals surface area contributed by atoms with Crippen molar-refractivity contribution < 1.29 is 14.0 Å². The number of primary amides is 1. The van der Waals surface area contributed by atoms with E-state index in [0.29, 0.717) is 5.69 Å². The van der Waals surface area contributed by atoms with E-state index in [1.807, 2.05) is 0 Å². The van der Waals surface area contributed by atoms with Gasteiger partial charge in [0, 0.05) is 6.20 Å². The summed E-state index contributed by atoms with van der Waals surface area (Å²) in [5, 5.41) is 12.9. The van der Waals surface area contributed by atoms with E-state index in [0.717, 1.165) is 0 Å². The van der Waals surface area contributed by atoms with Crippen LogP contribution in [0, 0.1) is 12.7 Å². The second-order valence-electron chi connectivity index (χ2n) is 4.99. The van der Waals surface area contributed by atoms with Crippen molar-refractivity contribution in [1.29, 1.82) is 0 Å². The first kappa shape index (κ1) is 15.4. The maximum absolute atomic E-state index is 13.8. The van der Waals surface area contributed by atoms with Gasteiger partial charge >= 0.3 is 0 Å². The molecule has 0 bridgehead atoms. The summed E-state index contributed by atoms with van der Waals surface area (Å²) in [4.78, 5) is 23.6. The fourth-order valence-electron chi connectivity index (χ4n) is 2.15. The minimum Gasteiger partial charge on any atom is -0.364 e. The first-order chi connectivity index (χ1) is 11.5. The maximum Gasteiger partial charge on any atom is 0.276 e. The highest BCUT2D eigenvalue weighted by atomic mass is 19.1. The van der Waals surface area contributed by atoms with Gasteiger partial charge in [-0.25, -0.2) is 9.07 Å². The molecule has 0 atom stereocenters. The molecule has 0 fully saturated rings. The number of hydrogen-bond donors (Lipinski definition) is 3. The van der Waals surface area contributed by atoms with Gasteiger partial charge in [0.15, 0.2) is 11.4 Å². The number of aryl methyl sites for hydroxylation is 1. The number of anilines is 1. The Hall–Kier alpha value is -3.49. The molecule has 2 aromatic heterocycles. The molecule has 1 aromatic carbocycles. The summed E-state index contributed by atoms with van der Waals surface area (Å²) in [6.07, 6.45) is 1.46. The van der Waals surface area contributed by atoms with Crippen LogP contribution in [0.4, 0.5) is 10.1 Å². The van der Waals surface area contributed by atoms with Gasteiger partial charge in [-0.1, -0.05) is 12.1 Å². The number of nitrogens with zero attached hydrogens (tertiary/aromatic N) is 3. The number of halogens is 1. The van der Waals surface area contributed by atoms with Crippen molar-refractivity contribution >= 4 is 17.5 Å². The molecule has 4 N–H and O–H groups in total. The summed E-state index contributed by atoms with van der Waals surface area (Å²) in [5.74, 6) is -1.81. The third kappa shape index (κ3) is 2.74. The SMILES string of the molecule is Cc1[nH]nc(C(N)=O)c1NC(=O)c1ccn(-c2ccccc2F)n1. The highest BCUT2D eigenvalue weighted by Gasteiger charge is 2.19. The number of benzene rings is 1. The summed E-state index contributed by atoms with van der Waals surface area (Å²) in [7, 11) is 0. The lowest BCUT2D eigenvalue weighted by Crippen LogP contribution is -2.18. The zero-order valence-corrected chi connectivity index (χ0v) is 12.6.